The first-order valence-electron chi connectivity index (χ1n) is 15.5. The second kappa shape index (κ2) is 16.7. The number of aryl methyl sites for hydroxylation is 1. The van der Waals surface area contributed by atoms with E-state index in [4.69, 9.17) is 19.2 Å². The lowest BCUT2D eigenvalue weighted by Crippen LogP contribution is -2.18. The Labute approximate surface area is 294 Å². The van der Waals surface area contributed by atoms with Crippen molar-refractivity contribution in [2.24, 2.45) is 4.99 Å². The number of methoxy groups -OCH3 is 1. The number of allylic oxidation sites excluding steroid dienone is 3. The van der Waals surface area contributed by atoms with Crippen LogP contribution in [0.15, 0.2) is 107 Å². The first kappa shape index (κ1) is 35.1. The van der Waals surface area contributed by atoms with Crippen molar-refractivity contribution in [3.8, 4) is 11.5 Å². The van der Waals surface area contributed by atoms with Gasteiger partial charge in [0, 0.05) is 27.6 Å². The molecule has 0 saturated carbocycles. The average molecular weight is 760 g/mol. The lowest BCUT2D eigenvalue weighted by Gasteiger charge is -2.17. The van der Waals surface area contributed by atoms with Gasteiger partial charge >= 0.3 is 7.40 Å². The Morgan fingerprint density at radius 3 is 2.17 bits per heavy atom. The van der Waals surface area contributed by atoms with Crippen molar-refractivity contribution in [2.45, 2.75) is 13.8 Å². The lowest BCUT2D eigenvalue weighted by atomic mass is 9.95. The predicted octanol–water partition coefficient (Wildman–Crippen LogP) is 8.96. The van der Waals surface area contributed by atoms with E-state index in [0.717, 1.165) is 41.8 Å². The molecular weight excluding hydrogens is 724 g/mol. The Kier molecular flexibility index (Phi) is 12.2. The summed E-state index contributed by atoms with van der Waals surface area (Å²) in [7, 11) is -1.16. The lowest BCUT2D eigenvalue weighted by molar-refractivity contribution is 0.0544. The van der Waals surface area contributed by atoms with Crippen molar-refractivity contribution >= 4 is 59.5 Å². The summed E-state index contributed by atoms with van der Waals surface area (Å²) in [6.45, 7) is 5.81. The minimum atomic E-state index is -2.79. The van der Waals surface area contributed by atoms with Crippen LogP contribution >= 0.6 is 22.6 Å². The number of aromatic nitrogens is 1. The van der Waals surface area contributed by atoms with Gasteiger partial charge in [-0.2, -0.15) is 0 Å². The van der Waals surface area contributed by atoms with Gasteiger partial charge in [-0.1, -0.05) is 48.6 Å². The van der Waals surface area contributed by atoms with Crippen molar-refractivity contribution in [3.63, 3.8) is 0 Å². The summed E-state index contributed by atoms with van der Waals surface area (Å²) in [6, 6.07) is 23.9. The van der Waals surface area contributed by atoms with E-state index in [1.54, 1.807) is 49.6 Å². The second-order valence-electron chi connectivity index (χ2n) is 11.1. The van der Waals surface area contributed by atoms with Crippen molar-refractivity contribution < 1.29 is 27.9 Å². The van der Waals surface area contributed by atoms with E-state index >= 15 is 0 Å². The molecule has 3 aromatic carbocycles. The minimum absolute atomic E-state index is 0.142. The fraction of sp³-hybridized carbons (Fsp3) is 0.184. The van der Waals surface area contributed by atoms with Crippen LogP contribution in [0.4, 0.5) is 8.63 Å². The molecule has 1 aromatic heterocycles. The summed E-state index contributed by atoms with van der Waals surface area (Å²) < 4.78 is 48.1. The van der Waals surface area contributed by atoms with E-state index in [9.17, 15) is 13.7 Å². The van der Waals surface area contributed by atoms with Gasteiger partial charge in [-0.3, -0.25) is 8.63 Å². The third kappa shape index (κ3) is 9.00. The Morgan fingerprint density at radius 1 is 0.854 bits per heavy atom. The zero-order valence-electron chi connectivity index (χ0n) is 27.0. The molecule has 0 atom stereocenters. The fourth-order valence-corrected chi connectivity index (χ4v) is 5.66. The first-order chi connectivity index (χ1) is 23.2. The molecule has 2 heterocycles. The zero-order valence-corrected chi connectivity index (χ0v) is 29.2. The number of aliphatic imine (C=N–C) groups is 1. The zero-order chi connectivity index (χ0) is 34.0. The highest BCUT2D eigenvalue weighted by Gasteiger charge is 2.30. The van der Waals surface area contributed by atoms with Gasteiger partial charge in [0.25, 0.3) is 0 Å². The number of phenolic OH excluding ortho intramolecular Hbond substituents is 1. The standard InChI is InChI=1S/C38H36BF2IN2O4/c1-26-24-32(14-4-28-8-18-35(19-9-28)48-23-22-47-21-20-46-3)43-37(26)36(30-10-12-31(42)13-11-30)38-27(2)25-33(44(38)39(40)41)15-5-29-6-16-34(45)17-7-29/h4-19,24-25,45H,20-23H2,1-3H3/b14-4+,15-5+,37-36-. The number of rotatable bonds is 14. The molecule has 5 rings (SSSR count). The van der Waals surface area contributed by atoms with Gasteiger partial charge in [0.2, 0.25) is 0 Å². The summed E-state index contributed by atoms with van der Waals surface area (Å²) in [4.78, 5) is 4.97. The molecule has 0 unspecified atom stereocenters. The van der Waals surface area contributed by atoms with Gasteiger partial charge < -0.3 is 23.8 Å². The van der Waals surface area contributed by atoms with Crippen LogP contribution in [0.5, 0.6) is 11.5 Å². The smallest absolute Gasteiger partial charge is 0.508 e. The summed E-state index contributed by atoms with van der Waals surface area (Å²) in [5, 5.41) is 9.62. The Hall–Kier alpha value is -4.26. The highest BCUT2D eigenvalue weighted by atomic mass is 127. The molecule has 0 fully saturated rings. The first-order valence-corrected chi connectivity index (χ1v) is 16.5. The monoisotopic (exact) mass is 760 g/mol. The maximum Gasteiger partial charge on any atom is 0.678 e. The number of nitrogens with zero attached hydrogens (tertiary/aromatic N) is 2. The molecule has 0 saturated heterocycles. The third-order valence-electron chi connectivity index (χ3n) is 7.63. The highest BCUT2D eigenvalue weighted by Crippen LogP contribution is 2.38. The Morgan fingerprint density at radius 2 is 1.50 bits per heavy atom. The van der Waals surface area contributed by atoms with Crippen molar-refractivity contribution in [1.82, 2.24) is 4.48 Å². The summed E-state index contributed by atoms with van der Waals surface area (Å²) in [5.41, 5.74) is 6.91. The molecule has 0 amide bonds. The van der Waals surface area contributed by atoms with E-state index in [-0.39, 0.29) is 5.75 Å². The normalized spacial score (nSPS) is 14.1. The van der Waals surface area contributed by atoms with Crippen molar-refractivity contribution in [2.75, 3.05) is 33.5 Å². The van der Waals surface area contributed by atoms with E-state index in [2.05, 4.69) is 22.6 Å². The number of hydrogen-bond acceptors (Lipinski definition) is 5. The van der Waals surface area contributed by atoms with Crippen molar-refractivity contribution in [3.05, 3.63) is 139 Å². The van der Waals surface area contributed by atoms with Gasteiger partial charge in [0.15, 0.2) is 0 Å². The van der Waals surface area contributed by atoms with E-state index in [0.29, 0.717) is 54.6 Å². The molecule has 0 radical (unpaired) electrons. The fourth-order valence-electron chi connectivity index (χ4n) is 5.30. The van der Waals surface area contributed by atoms with Gasteiger partial charge in [-0.05, 0) is 125 Å². The van der Waals surface area contributed by atoms with Crippen LogP contribution in [0.2, 0.25) is 0 Å². The number of hydrogen-bond donors (Lipinski definition) is 1. The quantitative estimate of drug-likeness (QED) is 0.0793. The molecule has 1 N–H and O–H groups in total. The Balaban J connectivity index is 1.46. The van der Waals surface area contributed by atoms with Crippen LogP contribution in [-0.4, -0.2) is 56.2 Å². The molecular formula is C38H36BF2IN2O4. The number of halogens is 3. The van der Waals surface area contributed by atoms with Gasteiger partial charge in [0.1, 0.15) is 18.1 Å². The van der Waals surface area contributed by atoms with Crippen LogP contribution in [-0.2, 0) is 9.47 Å². The molecule has 246 valence electrons. The van der Waals surface area contributed by atoms with Gasteiger partial charge in [-0.15, -0.1) is 0 Å². The van der Waals surface area contributed by atoms with Crippen LogP contribution in [0.3, 0.4) is 0 Å². The molecule has 10 heteroatoms. The maximum atomic E-state index is 14.9. The molecule has 1 aliphatic heterocycles. The third-order valence-corrected chi connectivity index (χ3v) is 8.35. The highest BCUT2D eigenvalue weighted by molar-refractivity contribution is 14.1. The maximum absolute atomic E-state index is 14.9. The molecule has 0 bridgehead atoms. The average Bonchev–Trinajstić information content (AvgIpc) is 3.61. The summed E-state index contributed by atoms with van der Waals surface area (Å²) in [6.07, 6.45) is 9.29. The molecule has 48 heavy (non-hydrogen) atoms. The molecule has 6 nitrogen and oxygen atoms in total. The van der Waals surface area contributed by atoms with E-state index < -0.39 is 7.40 Å². The number of phenols is 1. The largest absolute Gasteiger partial charge is 0.678 e. The van der Waals surface area contributed by atoms with E-state index in [1.807, 2.05) is 80.6 Å². The topological polar surface area (TPSA) is 65.2 Å². The van der Waals surface area contributed by atoms with Crippen LogP contribution < -0.4 is 4.74 Å². The van der Waals surface area contributed by atoms with Gasteiger partial charge in [-0.25, -0.2) is 4.99 Å². The predicted molar refractivity (Wildman–Crippen MR) is 200 cm³/mol. The molecule has 4 aromatic rings. The van der Waals surface area contributed by atoms with Crippen LogP contribution in [0.1, 0.15) is 40.6 Å². The molecule has 1 aliphatic rings. The summed E-state index contributed by atoms with van der Waals surface area (Å²) >= 11 is 2.24. The van der Waals surface area contributed by atoms with Gasteiger partial charge in [0.05, 0.1) is 31.2 Å². The second-order valence-corrected chi connectivity index (χ2v) is 12.4. The number of ether oxygens (including phenoxy) is 3. The summed E-state index contributed by atoms with van der Waals surface area (Å²) in [5.74, 6) is 0.891. The molecule has 0 aliphatic carbocycles. The number of benzene rings is 3. The molecule has 0 spiro atoms. The Bertz CT molecular complexity index is 1860. The van der Waals surface area contributed by atoms with Crippen LogP contribution in [0, 0.1) is 10.5 Å². The minimum Gasteiger partial charge on any atom is -0.508 e. The van der Waals surface area contributed by atoms with Crippen LogP contribution in [0.25, 0.3) is 23.8 Å². The number of aromatic hydroxyl groups is 1. The SMILES string of the molecule is COCCOCCOc1ccc(/C=C/C2=NC(=C(/c3ccc(I)cc3)c3c(C)cc(/C=C/c4ccc(O)cc4)n3B(F)F)/C(C)=C2)cc1. The van der Waals surface area contributed by atoms with Crippen molar-refractivity contribution in [1.29, 1.82) is 0 Å². The van der Waals surface area contributed by atoms with E-state index in [1.165, 1.54) is 0 Å².